The van der Waals surface area contributed by atoms with Gasteiger partial charge in [0.15, 0.2) is 0 Å². The van der Waals surface area contributed by atoms with E-state index in [9.17, 15) is 0 Å². The fraction of sp³-hybridized carbons (Fsp3) is 0.545. The molecule has 0 aromatic carbocycles. The lowest BCUT2D eigenvalue weighted by molar-refractivity contribution is 0.405. The number of aromatic nitrogens is 1. The van der Waals surface area contributed by atoms with Crippen LogP contribution in [0.3, 0.4) is 0 Å². The van der Waals surface area contributed by atoms with Gasteiger partial charge in [-0.15, -0.1) is 0 Å². The van der Waals surface area contributed by atoms with Crippen molar-refractivity contribution >= 4 is 0 Å². The first-order valence-corrected chi connectivity index (χ1v) is 5.14. The zero-order chi connectivity index (χ0) is 9.80. The van der Waals surface area contributed by atoms with Crippen molar-refractivity contribution in [1.29, 1.82) is 0 Å². The van der Waals surface area contributed by atoms with Crippen LogP contribution in [0.15, 0.2) is 18.3 Å². The molecule has 1 aromatic rings. The summed E-state index contributed by atoms with van der Waals surface area (Å²) in [6, 6.07) is 4.51. The Kier molecular flexibility index (Phi) is 3.11. The summed E-state index contributed by atoms with van der Waals surface area (Å²) in [6.07, 6.45) is 2.83. The highest BCUT2D eigenvalue weighted by Crippen LogP contribution is 2.07. The van der Waals surface area contributed by atoms with E-state index < -0.39 is 0 Å². The minimum absolute atomic E-state index is 0.414. The Labute approximate surface area is 84.9 Å². The van der Waals surface area contributed by atoms with E-state index in [-0.39, 0.29) is 0 Å². The van der Waals surface area contributed by atoms with Crippen LogP contribution in [-0.2, 0) is 6.42 Å². The minimum Gasteiger partial charge on any atom is -0.314 e. The Balaban J connectivity index is 1.99. The summed E-state index contributed by atoms with van der Waals surface area (Å²) in [5.41, 5.74) is 2.46. The number of aryl methyl sites for hydroxylation is 1. The van der Waals surface area contributed by atoms with Crippen molar-refractivity contribution in [3.63, 3.8) is 0 Å². The molecule has 3 heteroatoms. The normalized spacial score (nSPS) is 22.2. The molecule has 0 amide bonds. The SMILES string of the molecule is Cc1cccnc1CC1CNCC[N]1. The van der Waals surface area contributed by atoms with Crippen LogP contribution in [0.25, 0.3) is 0 Å². The van der Waals surface area contributed by atoms with Gasteiger partial charge in [0.05, 0.1) is 0 Å². The Hall–Kier alpha value is -0.930. The number of nitrogens with one attached hydrogen (secondary N) is 1. The maximum Gasteiger partial charge on any atom is 0.0449 e. The molecule has 1 saturated heterocycles. The lowest BCUT2D eigenvalue weighted by Gasteiger charge is -2.22. The fourth-order valence-corrected chi connectivity index (χ4v) is 1.75. The summed E-state index contributed by atoms with van der Waals surface area (Å²) in [5.74, 6) is 0. The maximum atomic E-state index is 4.56. The van der Waals surface area contributed by atoms with Gasteiger partial charge in [0.25, 0.3) is 0 Å². The van der Waals surface area contributed by atoms with E-state index in [1.807, 2.05) is 12.3 Å². The Bertz CT molecular complexity index is 292. The van der Waals surface area contributed by atoms with E-state index >= 15 is 0 Å². The Morgan fingerprint density at radius 2 is 2.50 bits per heavy atom. The van der Waals surface area contributed by atoms with Crippen LogP contribution in [0.5, 0.6) is 0 Å². The Morgan fingerprint density at radius 1 is 1.57 bits per heavy atom. The predicted molar refractivity (Wildman–Crippen MR) is 56.3 cm³/mol. The molecule has 1 fully saturated rings. The fourth-order valence-electron chi connectivity index (χ4n) is 1.75. The third-order valence-electron chi connectivity index (χ3n) is 2.60. The molecule has 2 heterocycles. The first kappa shape index (κ1) is 9.62. The van der Waals surface area contributed by atoms with E-state index in [0.717, 1.165) is 26.1 Å². The molecule has 1 aromatic heterocycles. The molecule has 3 nitrogen and oxygen atoms in total. The second kappa shape index (κ2) is 4.53. The molecule has 0 bridgehead atoms. The first-order valence-electron chi connectivity index (χ1n) is 5.14. The van der Waals surface area contributed by atoms with E-state index in [4.69, 9.17) is 0 Å². The zero-order valence-electron chi connectivity index (χ0n) is 8.53. The van der Waals surface area contributed by atoms with E-state index in [1.165, 1.54) is 11.3 Å². The predicted octanol–water partition coefficient (Wildman–Crippen LogP) is 0.509. The minimum atomic E-state index is 0.414. The van der Waals surface area contributed by atoms with Gasteiger partial charge in [0.1, 0.15) is 0 Å². The van der Waals surface area contributed by atoms with Crippen molar-refractivity contribution in [2.75, 3.05) is 19.6 Å². The van der Waals surface area contributed by atoms with Gasteiger partial charge in [0.2, 0.25) is 0 Å². The molecule has 1 atom stereocenters. The number of pyridine rings is 1. The van der Waals surface area contributed by atoms with Gasteiger partial charge in [-0.3, -0.25) is 4.98 Å². The van der Waals surface area contributed by atoms with Gasteiger partial charge in [-0.05, 0) is 18.6 Å². The molecule has 14 heavy (non-hydrogen) atoms. The van der Waals surface area contributed by atoms with Crippen LogP contribution in [0.1, 0.15) is 11.3 Å². The zero-order valence-corrected chi connectivity index (χ0v) is 8.53. The van der Waals surface area contributed by atoms with Crippen LogP contribution in [0, 0.1) is 6.92 Å². The molecule has 0 saturated carbocycles. The maximum absolute atomic E-state index is 4.56. The lowest BCUT2D eigenvalue weighted by atomic mass is 10.1. The average molecular weight is 190 g/mol. The standard InChI is InChI=1S/C11H16N3/c1-9-3-2-4-14-11(9)7-10-8-12-5-6-13-10/h2-4,10,12H,5-8H2,1H3. The third-order valence-corrected chi connectivity index (χ3v) is 2.60. The van der Waals surface area contributed by atoms with Gasteiger partial charge in [-0.1, -0.05) is 6.07 Å². The summed E-state index contributed by atoms with van der Waals surface area (Å²) < 4.78 is 0. The topological polar surface area (TPSA) is 39.0 Å². The van der Waals surface area contributed by atoms with Crippen molar-refractivity contribution in [3.8, 4) is 0 Å². The number of piperazine rings is 1. The highest BCUT2D eigenvalue weighted by atomic mass is 15.1. The van der Waals surface area contributed by atoms with E-state index in [2.05, 4.69) is 28.6 Å². The molecular weight excluding hydrogens is 174 g/mol. The molecule has 0 aliphatic carbocycles. The van der Waals surface area contributed by atoms with Gasteiger partial charge in [-0.2, -0.15) is 0 Å². The van der Waals surface area contributed by atoms with Crippen molar-refractivity contribution < 1.29 is 0 Å². The van der Waals surface area contributed by atoms with Gasteiger partial charge < -0.3 is 5.32 Å². The van der Waals surface area contributed by atoms with E-state index in [0.29, 0.717) is 6.04 Å². The molecule has 1 unspecified atom stereocenters. The molecule has 1 aliphatic heterocycles. The monoisotopic (exact) mass is 190 g/mol. The highest BCUT2D eigenvalue weighted by molar-refractivity contribution is 5.18. The van der Waals surface area contributed by atoms with E-state index in [1.54, 1.807) is 0 Å². The molecule has 1 N–H and O–H groups in total. The quantitative estimate of drug-likeness (QED) is 0.738. The van der Waals surface area contributed by atoms with Crippen LogP contribution in [0.4, 0.5) is 0 Å². The first-order chi connectivity index (χ1) is 6.86. The average Bonchev–Trinajstić information content (AvgIpc) is 2.23. The molecule has 1 aliphatic rings. The summed E-state index contributed by atoms with van der Waals surface area (Å²) in [5, 5.41) is 7.92. The summed E-state index contributed by atoms with van der Waals surface area (Å²) >= 11 is 0. The number of rotatable bonds is 2. The molecular formula is C11H16N3. The van der Waals surface area contributed by atoms with Crippen molar-refractivity contribution in [2.24, 2.45) is 0 Å². The van der Waals surface area contributed by atoms with Crippen LogP contribution in [0.2, 0.25) is 0 Å². The van der Waals surface area contributed by atoms with Crippen molar-refractivity contribution in [3.05, 3.63) is 29.6 Å². The van der Waals surface area contributed by atoms with Gasteiger partial charge >= 0.3 is 0 Å². The molecule has 0 spiro atoms. The summed E-state index contributed by atoms with van der Waals surface area (Å²) in [7, 11) is 0. The van der Waals surface area contributed by atoms with Crippen molar-refractivity contribution in [1.82, 2.24) is 15.6 Å². The Morgan fingerprint density at radius 3 is 3.21 bits per heavy atom. The van der Waals surface area contributed by atoms with Gasteiger partial charge in [0, 0.05) is 44.0 Å². The summed E-state index contributed by atoms with van der Waals surface area (Å²) in [6.45, 7) is 5.07. The number of hydrogen-bond acceptors (Lipinski definition) is 2. The second-order valence-electron chi connectivity index (χ2n) is 3.74. The largest absolute Gasteiger partial charge is 0.314 e. The number of hydrogen-bond donors (Lipinski definition) is 1. The smallest absolute Gasteiger partial charge is 0.0449 e. The third kappa shape index (κ3) is 2.30. The van der Waals surface area contributed by atoms with Crippen molar-refractivity contribution in [2.45, 2.75) is 19.4 Å². The van der Waals surface area contributed by atoms with Crippen LogP contribution < -0.4 is 10.6 Å². The van der Waals surface area contributed by atoms with Crippen LogP contribution in [-0.4, -0.2) is 30.7 Å². The van der Waals surface area contributed by atoms with Gasteiger partial charge in [-0.25, -0.2) is 5.32 Å². The molecule has 2 rings (SSSR count). The highest BCUT2D eigenvalue weighted by Gasteiger charge is 2.15. The second-order valence-corrected chi connectivity index (χ2v) is 3.74. The molecule has 1 radical (unpaired) electrons. The number of nitrogens with zero attached hydrogens (tertiary/aromatic N) is 2. The van der Waals surface area contributed by atoms with Crippen LogP contribution >= 0.6 is 0 Å². The lowest BCUT2D eigenvalue weighted by Crippen LogP contribution is -2.45. The molecule has 75 valence electrons. The summed E-state index contributed by atoms with van der Waals surface area (Å²) in [4.78, 5) is 4.38.